The van der Waals surface area contributed by atoms with Crippen molar-refractivity contribution in [3.05, 3.63) is 35.2 Å². The van der Waals surface area contributed by atoms with Gasteiger partial charge >= 0.3 is 5.91 Å². The zero-order valence-corrected chi connectivity index (χ0v) is 18.1. The summed E-state index contributed by atoms with van der Waals surface area (Å²) in [7, 11) is 0.311. The first-order valence-corrected chi connectivity index (χ1v) is 12.0. The Morgan fingerprint density at radius 1 is 1.27 bits per heavy atom. The second-order valence-corrected chi connectivity index (χ2v) is 10.2. The molecule has 0 saturated carbocycles. The van der Waals surface area contributed by atoms with E-state index in [0.717, 1.165) is 4.83 Å². The summed E-state index contributed by atoms with van der Waals surface area (Å²) in [6, 6.07) is 3.28. The fourth-order valence-corrected chi connectivity index (χ4v) is 5.90. The van der Waals surface area contributed by atoms with Gasteiger partial charge in [-0.15, -0.1) is 11.3 Å². The standard InChI is InChI=1S/C18H20N6O4S2/c1-23-14(28-2)10-13(21-23)16(25)22-30(27)8-3-5-24(6-9-30)18(26)15-12-4-7-29-17(12)20-11-19-15/h4,7,10-11H,3,5-6,8-9H2,1-2H3. The van der Waals surface area contributed by atoms with E-state index in [4.69, 9.17) is 4.74 Å². The Kier molecular flexibility index (Phi) is 5.52. The molecule has 0 N–H and O–H groups in total. The molecule has 1 aliphatic rings. The summed E-state index contributed by atoms with van der Waals surface area (Å²) in [5, 5.41) is 6.63. The number of methoxy groups -OCH3 is 1. The van der Waals surface area contributed by atoms with Crippen LogP contribution in [0, 0.1) is 0 Å². The van der Waals surface area contributed by atoms with Crippen LogP contribution in [0.15, 0.2) is 28.2 Å². The highest BCUT2D eigenvalue weighted by atomic mass is 32.2. The quantitative estimate of drug-likeness (QED) is 0.597. The molecule has 1 saturated heterocycles. The van der Waals surface area contributed by atoms with Gasteiger partial charge in [-0.3, -0.25) is 9.59 Å². The first-order chi connectivity index (χ1) is 14.4. The molecule has 1 unspecified atom stereocenters. The van der Waals surface area contributed by atoms with E-state index in [-0.39, 0.29) is 29.7 Å². The van der Waals surface area contributed by atoms with Crippen molar-refractivity contribution in [3.8, 4) is 5.88 Å². The summed E-state index contributed by atoms with van der Waals surface area (Å²) in [5.74, 6) is -0.110. The van der Waals surface area contributed by atoms with E-state index in [1.54, 1.807) is 11.9 Å². The van der Waals surface area contributed by atoms with Crippen LogP contribution in [0.25, 0.3) is 10.2 Å². The van der Waals surface area contributed by atoms with E-state index in [1.165, 1.54) is 35.5 Å². The van der Waals surface area contributed by atoms with Crippen molar-refractivity contribution in [2.45, 2.75) is 6.42 Å². The fourth-order valence-electron chi connectivity index (χ4n) is 3.30. The molecule has 158 valence electrons. The van der Waals surface area contributed by atoms with Crippen LogP contribution in [0.2, 0.25) is 0 Å². The lowest BCUT2D eigenvalue weighted by Gasteiger charge is -2.19. The van der Waals surface area contributed by atoms with Crippen LogP contribution in [0.5, 0.6) is 5.88 Å². The van der Waals surface area contributed by atoms with E-state index in [1.807, 2.05) is 11.4 Å². The molecule has 1 atom stereocenters. The summed E-state index contributed by atoms with van der Waals surface area (Å²) >= 11 is 1.44. The maximum absolute atomic E-state index is 13.2. The lowest BCUT2D eigenvalue weighted by atomic mass is 10.2. The topological polar surface area (TPSA) is 120 Å². The Morgan fingerprint density at radius 2 is 2.10 bits per heavy atom. The minimum Gasteiger partial charge on any atom is -0.481 e. The van der Waals surface area contributed by atoms with Crippen LogP contribution in [-0.4, -0.2) is 72.4 Å². The van der Waals surface area contributed by atoms with Crippen LogP contribution >= 0.6 is 11.3 Å². The molecule has 0 aromatic carbocycles. The van der Waals surface area contributed by atoms with Crippen LogP contribution in [0.1, 0.15) is 27.4 Å². The van der Waals surface area contributed by atoms with Crippen LogP contribution in [-0.2, 0) is 16.8 Å². The number of ether oxygens (including phenoxy) is 1. The minimum absolute atomic E-state index is 0.0788. The van der Waals surface area contributed by atoms with Gasteiger partial charge in [0.2, 0.25) is 5.88 Å². The zero-order chi connectivity index (χ0) is 21.3. The molecule has 0 spiro atoms. The van der Waals surface area contributed by atoms with Gasteiger partial charge in [-0.2, -0.15) is 9.46 Å². The maximum Gasteiger partial charge on any atom is 0.305 e. The SMILES string of the molecule is COc1cc(C(=O)N=S2(=O)CCCN(C(=O)c3ncnc4sccc34)CC2)nn1C. The molecule has 1 aliphatic heterocycles. The Labute approximate surface area is 177 Å². The van der Waals surface area contributed by atoms with Gasteiger partial charge in [-0.1, -0.05) is 0 Å². The van der Waals surface area contributed by atoms with E-state index >= 15 is 0 Å². The molecule has 12 heteroatoms. The van der Waals surface area contributed by atoms with Crippen molar-refractivity contribution in [3.63, 3.8) is 0 Å². The number of carbonyl (C=O) groups excluding carboxylic acids is 2. The van der Waals surface area contributed by atoms with Gasteiger partial charge < -0.3 is 9.64 Å². The molecule has 1 fully saturated rings. The third-order valence-corrected chi connectivity index (χ3v) is 7.90. The Morgan fingerprint density at radius 3 is 2.87 bits per heavy atom. The first-order valence-electron chi connectivity index (χ1n) is 9.22. The number of hydrogen-bond acceptors (Lipinski definition) is 8. The highest BCUT2D eigenvalue weighted by Crippen LogP contribution is 2.22. The lowest BCUT2D eigenvalue weighted by molar-refractivity contribution is 0.0764. The second-order valence-electron chi connectivity index (χ2n) is 6.78. The molecule has 2 amide bonds. The zero-order valence-electron chi connectivity index (χ0n) is 16.5. The van der Waals surface area contributed by atoms with Gasteiger partial charge in [0.05, 0.1) is 16.8 Å². The predicted octanol–water partition coefficient (Wildman–Crippen LogP) is 1.59. The number of aryl methyl sites for hydroxylation is 1. The average molecular weight is 449 g/mol. The molecular weight excluding hydrogens is 428 g/mol. The molecule has 3 aromatic rings. The molecule has 3 aromatic heterocycles. The maximum atomic E-state index is 13.2. The summed E-state index contributed by atoms with van der Waals surface area (Å²) < 4.78 is 23.7. The van der Waals surface area contributed by atoms with E-state index < -0.39 is 15.6 Å². The molecule has 0 radical (unpaired) electrons. The van der Waals surface area contributed by atoms with Crippen molar-refractivity contribution < 1.29 is 18.5 Å². The molecule has 0 aliphatic carbocycles. The molecule has 30 heavy (non-hydrogen) atoms. The van der Waals surface area contributed by atoms with Crippen LogP contribution in [0.3, 0.4) is 0 Å². The van der Waals surface area contributed by atoms with Crippen LogP contribution in [0.4, 0.5) is 0 Å². The number of hydrogen-bond donors (Lipinski definition) is 0. The highest BCUT2D eigenvalue weighted by Gasteiger charge is 2.26. The third kappa shape index (κ3) is 3.92. The highest BCUT2D eigenvalue weighted by molar-refractivity contribution is 7.93. The summed E-state index contributed by atoms with van der Waals surface area (Å²) in [6.07, 6.45) is 1.85. The van der Waals surface area contributed by atoms with Crippen molar-refractivity contribution in [2.24, 2.45) is 11.4 Å². The van der Waals surface area contributed by atoms with E-state index in [0.29, 0.717) is 29.9 Å². The molecule has 10 nitrogen and oxygen atoms in total. The minimum atomic E-state index is -2.80. The van der Waals surface area contributed by atoms with Crippen LogP contribution < -0.4 is 4.74 Å². The smallest absolute Gasteiger partial charge is 0.305 e. The lowest BCUT2D eigenvalue weighted by Crippen LogP contribution is -2.34. The summed E-state index contributed by atoms with van der Waals surface area (Å²) in [4.78, 5) is 36.2. The predicted molar refractivity (Wildman–Crippen MR) is 112 cm³/mol. The number of amides is 2. The number of nitrogens with zero attached hydrogens (tertiary/aromatic N) is 6. The van der Waals surface area contributed by atoms with Gasteiger partial charge in [0.25, 0.3) is 5.91 Å². The first kappa shape index (κ1) is 20.4. The fraction of sp³-hybridized carbons (Fsp3) is 0.389. The number of rotatable bonds is 3. The number of carbonyl (C=O) groups is 2. The molecular formula is C18H20N6O4S2. The Hall–Kier alpha value is -2.86. The van der Waals surface area contributed by atoms with E-state index in [2.05, 4.69) is 19.4 Å². The monoisotopic (exact) mass is 448 g/mol. The molecule has 0 bridgehead atoms. The van der Waals surface area contributed by atoms with Crippen molar-refractivity contribution >= 4 is 43.1 Å². The number of aromatic nitrogens is 4. The average Bonchev–Trinajstić information content (AvgIpc) is 3.31. The normalized spacial score (nSPS) is 19.5. The molecule has 4 rings (SSSR count). The molecule has 4 heterocycles. The second kappa shape index (κ2) is 8.11. The van der Waals surface area contributed by atoms with Gasteiger partial charge in [-0.05, 0) is 17.9 Å². The van der Waals surface area contributed by atoms with Crippen molar-refractivity contribution in [2.75, 3.05) is 31.7 Å². The summed E-state index contributed by atoms with van der Waals surface area (Å²) in [5.41, 5.74) is 0.415. The van der Waals surface area contributed by atoms with Gasteiger partial charge in [0, 0.05) is 43.1 Å². The van der Waals surface area contributed by atoms with Gasteiger partial charge in [0.15, 0.2) is 5.69 Å². The van der Waals surface area contributed by atoms with Crippen molar-refractivity contribution in [1.29, 1.82) is 0 Å². The Bertz CT molecular complexity index is 1240. The number of thiophene rings is 1. The van der Waals surface area contributed by atoms with Gasteiger partial charge in [-0.25, -0.2) is 18.9 Å². The van der Waals surface area contributed by atoms with E-state index in [9.17, 15) is 13.8 Å². The van der Waals surface area contributed by atoms with Gasteiger partial charge in [0.1, 0.15) is 16.9 Å². The number of fused-ring (bicyclic) bond motifs is 1. The third-order valence-electron chi connectivity index (χ3n) is 4.84. The summed E-state index contributed by atoms with van der Waals surface area (Å²) in [6.45, 7) is 0.655. The Balaban J connectivity index is 1.53. The largest absolute Gasteiger partial charge is 0.481 e. The van der Waals surface area contributed by atoms with Crippen molar-refractivity contribution in [1.82, 2.24) is 24.6 Å².